The number of oxazole rings is 1. The lowest BCUT2D eigenvalue weighted by Crippen LogP contribution is -2.15. The van der Waals surface area contributed by atoms with E-state index >= 15 is 0 Å². The normalized spacial score (nSPS) is 12.6. The minimum atomic E-state index is -0.161. The van der Waals surface area contributed by atoms with Crippen LogP contribution < -0.4 is 0 Å². The maximum atomic E-state index is 6.53. The van der Waals surface area contributed by atoms with Gasteiger partial charge in [0, 0.05) is 33.2 Å². The highest BCUT2D eigenvalue weighted by atomic mass is 16.3. The van der Waals surface area contributed by atoms with E-state index in [9.17, 15) is 0 Å². The molecule has 2 aromatic heterocycles. The summed E-state index contributed by atoms with van der Waals surface area (Å²) in [6.45, 7) is 8.54. The number of nitrogens with zero attached hydrogens (tertiary/aromatic N) is 4. The summed E-state index contributed by atoms with van der Waals surface area (Å²) in [4.78, 5) is 19.5. The van der Waals surface area contributed by atoms with Gasteiger partial charge in [-0.1, -0.05) is 155 Å². The van der Waals surface area contributed by atoms with Crippen LogP contribution in [0.15, 0.2) is 150 Å². The van der Waals surface area contributed by atoms with E-state index in [4.69, 9.17) is 24.4 Å². The number of hydrogen-bond acceptors (Lipinski definition) is 5. The predicted octanol–water partition coefficient (Wildman–Crippen LogP) is 11.7. The molecular weight excluding hydrogens is 613 g/mol. The van der Waals surface area contributed by atoms with Gasteiger partial charge in [0.1, 0.15) is 5.52 Å². The van der Waals surface area contributed by atoms with Gasteiger partial charge in [-0.3, -0.25) is 0 Å². The van der Waals surface area contributed by atoms with Crippen LogP contribution in [0.4, 0.5) is 0 Å². The monoisotopic (exact) mass is 648 g/mol. The van der Waals surface area contributed by atoms with E-state index < -0.39 is 0 Å². The smallest absolute Gasteiger partial charge is 0.227 e. The summed E-state index contributed by atoms with van der Waals surface area (Å²) in [7, 11) is 0. The molecule has 6 aromatic carbocycles. The third kappa shape index (κ3) is 5.37. The number of fused-ring (bicyclic) bond motifs is 5. The highest BCUT2D eigenvalue weighted by Crippen LogP contribution is 2.51. The topological polar surface area (TPSA) is 64.7 Å². The Labute approximate surface area is 292 Å². The van der Waals surface area contributed by atoms with Crippen molar-refractivity contribution in [1.82, 2.24) is 19.9 Å². The minimum absolute atomic E-state index is 0.161. The molecule has 0 amide bonds. The van der Waals surface area contributed by atoms with Gasteiger partial charge in [0.15, 0.2) is 23.1 Å². The first-order valence-electron chi connectivity index (χ1n) is 17.1. The van der Waals surface area contributed by atoms with Crippen LogP contribution in [0.5, 0.6) is 0 Å². The highest BCUT2D eigenvalue weighted by Gasteiger charge is 2.38. The molecule has 50 heavy (non-hydrogen) atoms. The molecule has 0 aliphatic heterocycles. The molecule has 0 spiro atoms. The zero-order valence-electron chi connectivity index (χ0n) is 28.6. The fourth-order valence-corrected chi connectivity index (χ4v) is 6.91. The van der Waals surface area contributed by atoms with Gasteiger partial charge in [0.05, 0.1) is 0 Å². The van der Waals surface area contributed by atoms with Crippen molar-refractivity contribution >= 4 is 11.1 Å². The van der Waals surface area contributed by atoms with Gasteiger partial charge in [-0.15, -0.1) is 0 Å². The Balaban J connectivity index is 0.00000177. The summed E-state index contributed by atoms with van der Waals surface area (Å²) in [6, 6.07) is 49.7. The molecule has 0 saturated heterocycles. The first-order valence-corrected chi connectivity index (χ1v) is 17.1. The molecule has 0 saturated carbocycles. The first kappa shape index (κ1) is 31.1. The van der Waals surface area contributed by atoms with Gasteiger partial charge in [0.25, 0.3) is 0 Å². The Morgan fingerprint density at radius 1 is 0.420 bits per heavy atom. The summed E-state index contributed by atoms with van der Waals surface area (Å²) in [5.74, 6) is 2.57. The third-order valence-electron chi connectivity index (χ3n) is 9.38. The second-order valence-corrected chi connectivity index (χ2v) is 12.7. The Morgan fingerprint density at radius 2 is 0.880 bits per heavy atom. The van der Waals surface area contributed by atoms with Crippen LogP contribution in [0, 0.1) is 0 Å². The van der Waals surface area contributed by atoms with Crippen molar-refractivity contribution < 1.29 is 4.42 Å². The second kappa shape index (κ2) is 12.7. The molecule has 0 N–H and O–H groups in total. The van der Waals surface area contributed by atoms with E-state index in [-0.39, 0.29) is 5.41 Å². The van der Waals surface area contributed by atoms with E-state index in [1.165, 1.54) is 22.3 Å². The van der Waals surface area contributed by atoms with Crippen LogP contribution in [0.25, 0.3) is 79.0 Å². The van der Waals surface area contributed by atoms with Gasteiger partial charge in [-0.25, -0.2) is 19.9 Å². The maximum absolute atomic E-state index is 6.53. The van der Waals surface area contributed by atoms with Gasteiger partial charge >= 0.3 is 0 Å². The number of aromatic nitrogens is 4. The van der Waals surface area contributed by atoms with E-state index in [1.807, 2.05) is 74.5 Å². The summed E-state index contributed by atoms with van der Waals surface area (Å²) >= 11 is 0. The van der Waals surface area contributed by atoms with Crippen LogP contribution in [0.2, 0.25) is 0 Å². The zero-order valence-corrected chi connectivity index (χ0v) is 28.6. The van der Waals surface area contributed by atoms with Gasteiger partial charge in [-0.2, -0.15) is 0 Å². The average molecular weight is 649 g/mol. The fraction of sp³-hybridized carbons (Fsp3) is 0.111. The maximum Gasteiger partial charge on any atom is 0.227 e. The lowest BCUT2D eigenvalue weighted by atomic mass is 9.82. The van der Waals surface area contributed by atoms with Crippen molar-refractivity contribution in [2.24, 2.45) is 0 Å². The number of rotatable bonds is 5. The summed E-state index contributed by atoms with van der Waals surface area (Å²) in [5, 5.41) is 0. The van der Waals surface area contributed by atoms with Gasteiger partial charge in [-0.05, 0) is 46.0 Å². The molecule has 0 bridgehead atoms. The number of hydrogen-bond donors (Lipinski definition) is 0. The molecule has 0 atom stereocenters. The zero-order chi connectivity index (χ0) is 34.2. The van der Waals surface area contributed by atoms with Crippen LogP contribution in [0.1, 0.15) is 38.8 Å². The quantitative estimate of drug-likeness (QED) is 0.186. The SMILES string of the molecule is CC.CC1(C)c2ccccc2-c2ccc3nc(-c4ccc(-c5ccc(-c6nc(-c7ccccc7)nc(-c7ccccc7)n6)cc5)cc4)oc3c21. The van der Waals surface area contributed by atoms with Crippen molar-refractivity contribution in [3.8, 4) is 67.9 Å². The molecule has 0 radical (unpaired) electrons. The van der Waals surface area contributed by atoms with E-state index in [0.29, 0.717) is 23.4 Å². The Morgan fingerprint density at radius 3 is 1.44 bits per heavy atom. The van der Waals surface area contributed by atoms with Crippen molar-refractivity contribution in [1.29, 1.82) is 0 Å². The van der Waals surface area contributed by atoms with Crippen LogP contribution in [0.3, 0.4) is 0 Å². The van der Waals surface area contributed by atoms with Crippen molar-refractivity contribution in [3.63, 3.8) is 0 Å². The molecule has 5 heteroatoms. The average Bonchev–Trinajstić information content (AvgIpc) is 3.73. The predicted molar refractivity (Wildman–Crippen MR) is 203 cm³/mol. The fourth-order valence-electron chi connectivity index (χ4n) is 6.91. The summed E-state index contributed by atoms with van der Waals surface area (Å²) in [6.07, 6.45) is 0. The van der Waals surface area contributed by atoms with E-state index in [0.717, 1.165) is 44.5 Å². The Hall–Kier alpha value is -6.20. The van der Waals surface area contributed by atoms with Crippen LogP contribution in [-0.4, -0.2) is 19.9 Å². The molecule has 1 aliphatic rings. The Bertz CT molecular complexity index is 2390. The standard InChI is InChI=1S/C43H30N4O.C2H6/c1-43(2)35-16-10-9-15-33(35)34-25-26-36-38(37(34)43)48-42(44-36)32-23-19-28(20-24-32)27-17-21-31(22-18-27)41-46-39(29-11-5-3-6-12-29)45-40(47-41)30-13-7-4-8-14-30;1-2/h3-26H,1-2H3;1-2H3. The molecule has 0 unspecified atom stereocenters. The van der Waals surface area contributed by atoms with Gasteiger partial charge < -0.3 is 4.42 Å². The number of benzene rings is 6. The summed E-state index contributed by atoms with van der Waals surface area (Å²) in [5.41, 5.74) is 12.6. The van der Waals surface area contributed by atoms with Crippen molar-refractivity contribution in [2.45, 2.75) is 33.1 Å². The first-order chi connectivity index (χ1) is 24.5. The van der Waals surface area contributed by atoms with Crippen molar-refractivity contribution in [3.05, 3.63) is 157 Å². The van der Waals surface area contributed by atoms with Gasteiger partial charge in [0.2, 0.25) is 5.89 Å². The second-order valence-electron chi connectivity index (χ2n) is 12.7. The minimum Gasteiger partial charge on any atom is -0.436 e. The molecule has 1 aliphatic carbocycles. The highest BCUT2D eigenvalue weighted by molar-refractivity contribution is 5.93. The lowest BCUT2D eigenvalue weighted by Gasteiger charge is -2.21. The van der Waals surface area contributed by atoms with Crippen LogP contribution >= 0.6 is 0 Å². The third-order valence-corrected chi connectivity index (χ3v) is 9.38. The molecule has 5 nitrogen and oxygen atoms in total. The van der Waals surface area contributed by atoms with E-state index in [1.54, 1.807) is 0 Å². The molecular formula is C45H36N4O. The largest absolute Gasteiger partial charge is 0.436 e. The van der Waals surface area contributed by atoms with Crippen molar-refractivity contribution in [2.75, 3.05) is 0 Å². The molecule has 2 heterocycles. The molecule has 0 fully saturated rings. The molecule has 8 aromatic rings. The van der Waals surface area contributed by atoms with E-state index in [2.05, 4.69) is 98.8 Å². The summed E-state index contributed by atoms with van der Waals surface area (Å²) < 4.78 is 6.53. The Kier molecular flexibility index (Phi) is 7.88. The molecule has 242 valence electrons. The molecule has 9 rings (SSSR count). The lowest BCUT2D eigenvalue weighted by molar-refractivity contribution is 0.593. The van der Waals surface area contributed by atoms with Crippen LogP contribution in [-0.2, 0) is 5.41 Å².